The molecule has 1 fully saturated rings. The number of hydrogen-bond acceptors (Lipinski definition) is 2. The summed E-state index contributed by atoms with van der Waals surface area (Å²) in [5, 5.41) is 3.11. The minimum absolute atomic E-state index is 0.0199. The van der Waals surface area contributed by atoms with Gasteiger partial charge in [-0.25, -0.2) is 4.98 Å². The predicted molar refractivity (Wildman–Crippen MR) is 67.5 cm³/mol. The summed E-state index contributed by atoms with van der Waals surface area (Å²) >= 11 is 9.17. The van der Waals surface area contributed by atoms with Crippen molar-refractivity contribution in [1.82, 2.24) is 4.98 Å². The first kappa shape index (κ1) is 11.9. The highest BCUT2D eigenvalue weighted by molar-refractivity contribution is 9.10. The summed E-state index contributed by atoms with van der Waals surface area (Å²) in [7, 11) is 0. The average molecular weight is 304 g/mol. The monoisotopic (exact) mass is 302 g/mol. The first-order valence-electron chi connectivity index (χ1n) is 5.26. The minimum atomic E-state index is 0.0199. The Balaban J connectivity index is 1.96. The Labute approximate surface area is 108 Å². The molecule has 1 aliphatic carbocycles. The number of nitrogens with zero attached hydrogens (tertiary/aromatic N) is 1. The molecule has 0 unspecified atom stereocenters. The highest BCUT2D eigenvalue weighted by Crippen LogP contribution is 2.30. The summed E-state index contributed by atoms with van der Waals surface area (Å²) in [4.78, 5) is 15.6. The van der Waals surface area contributed by atoms with Crippen molar-refractivity contribution in [2.24, 2.45) is 5.92 Å². The van der Waals surface area contributed by atoms with Crippen LogP contribution in [0, 0.1) is 5.92 Å². The summed E-state index contributed by atoms with van der Waals surface area (Å²) in [5.74, 6) is 0.574. The molecule has 5 heteroatoms. The fraction of sp³-hybridized carbons (Fsp3) is 0.455. The number of carbonyl (C=O) groups is 1. The molecule has 86 valence electrons. The Kier molecular flexibility index (Phi) is 3.82. The van der Waals surface area contributed by atoms with E-state index in [1.807, 2.05) is 0 Å². The van der Waals surface area contributed by atoms with Crippen molar-refractivity contribution in [2.75, 3.05) is 5.32 Å². The van der Waals surface area contributed by atoms with Gasteiger partial charge in [0.15, 0.2) is 5.15 Å². The lowest BCUT2D eigenvalue weighted by atomic mass is 9.83. The maximum absolute atomic E-state index is 11.7. The minimum Gasteiger partial charge on any atom is -0.323 e. The van der Waals surface area contributed by atoms with Crippen molar-refractivity contribution in [2.45, 2.75) is 25.7 Å². The van der Waals surface area contributed by atoms with Crippen LogP contribution in [0.1, 0.15) is 25.7 Å². The second kappa shape index (κ2) is 5.15. The molecule has 3 nitrogen and oxygen atoms in total. The van der Waals surface area contributed by atoms with Gasteiger partial charge < -0.3 is 5.32 Å². The molecule has 1 amide bonds. The van der Waals surface area contributed by atoms with Crippen LogP contribution in [0.5, 0.6) is 0 Å². The number of carbonyl (C=O) groups excluding carboxylic acids is 1. The zero-order valence-corrected chi connectivity index (χ0v) is 11.0. The van der Waals surface area contributed by atoms with Gasteiger partial charge in [-0.1, -0.05) is 18.0 Å². The number of pyridine rings is 1. The van der Waals surface area contributed by atoms with Gasteiger partial charge in [0.25, 0.3) is 0 Å². The number of anilines is 1. The molecule has 0 spiro atoms. The van der Waals surface area contributed by atoms with E-state index in [4.69, 9.17) is 11.6 Å². The third-order valence-corrected chi connectivity index (χ3v) is 3.51. The van der Waals surface area contributed by atoms with E-state index in [1.165, 1.54) is 6.42 Å². The van der Waals surface area contributed by atoms with Crippen molar-refractivity contribution < 1.29 is 4.79 Å². The normalized spacial score (nSPS) is 15.6. The maximum atomic E-state index is 11.7. The molecule has 1 saturated carbocycles. The smallest absolute Gasteiger partial charge is 0.224 e. The fourth-order valence-corrected chi connectivity index (χ4v) is 2.15. The van der Waals surface area contributed by atoms with Crippen LogP contribution in [0.25, 0.3) is 0 Å². The molecule has 0 bridgehead atoms. The summed E-state index contributed by atoms with van der Waals surface area (Å²) in [5.41, 5.74) is 0.570. The largest absolute Gasteiger partial charge is 0.323 e. The van der Waals surface area contributed by atoms with Gasteiger partial charge in [-0.3, -0.25) is 4.79 Å². The van der Waals surface area contributed by atoms with Gasteiger partial charge in [-0.2, -0.15) is 0 Å². The molecule has 0 radical (unpaired) electrons. The van der Waals surface area contributed by atoms with Crippen LogP contribution in [-0.2, 0) is 4.79 Å². The maximum Gasteiger partial charge on any atom is 0.224 e. The van der Waals surface area contributed by atoms with E-state index < -0.39 is 0 Å². The van der Waals surface area contributed by atoms with E-state index in [1.54, 1.807) is 12.3 Å². The van der Waals surface area contributed by atoms with Gasteiger partial charge in [0.05, 0.1) is 5.69 Å². The van der Waals surface area contributed by atoms with Crippen LogP contribution in [0.3, 0.4) is 0 Å². The first-order chi connectivity index (χ1) is 7.65. The zero-order valence-electron chi connectivity index (χ0n) is 8.67. The van der Waals surface area contributed by atoms with Crippen molar-refractivity contribution in [3.8, 4) is 0 Å². The van der Waals surface area contributed by atoms with Gasteiger partial charge in [0.2, 0.25) is 5.91 Å². The molecule has 1 N–H and O–H groups in total. The van der Waals surface area contributed by atoms with Gasteiger partial charge in [-0.05, 0) is 40.8 Å². The van der Waals surface area contributed by atoms with Gasteiger partial charge >= 0.3 is 0 Å². The summed E-state index contributed by atoms with van der Waals surface area (Å²) in [6, 6.07) is 1.76. The Morgan fingerprint density at radius 3 is 3.00 bits per heavy atom. The quantitative estimate of drug-likeness (QED) is 0.866. The van der Waals surface area contributed by atoms with Crippen molar-refractivity contribution in [3.05, 3.63) is 21.9 Å². The van der Waals surface area contributed by atoms with Crippen molar-refractivity contribution >= 4 is 39.1 Å². The third kappa shape index (κ3) is 2.95. The Bertz CT molecular complexity index is 407. The molecule has 1 heterocycles. The van der Waals surface area contributed by atoms with Crippen LogP contribution < -0.4 is 5.32 Å². The lowest BCUT2D eigenvalue weighted by molar-refractivity contribution is -0.117. The van der Waals surface area contributed by atoms with Crippen molar-refractivity contribution in [3.63, 3.8) is 0 Å². The molecule has 1 aliphatic rings. The molecular weight excluding hydrogens is 291 g/mol. The first-order valence-corrected chi connectivity index (χ1v) is 6.43. The van der Waals surface area contributed by atoms with E-state index >= 15 is 0 Å². The van der Waals surface area contributed by atoms with E-state index in [9.17, 15) is 4.79 Å². The highest BCUT2D eigenvalue weighted by Gasteiger charge is 2.21. The molecular formula is C11H12BrClN2O. The van der Waals surface area contributed by atoms with Crippen LogP contribution in [0.2, 0.25) is 5.15 Å². The number of halogens is 2. The number of aromatic nitrogens is 1. The molecule has 0 aliphatic heterocycles. The number of rotatable bonds is 3. The predicted octanol–water partition coefficient (Wildman–Crippen LogP) is 3.63. The molecule has 1 aromatic rings. The van der Waals surface area contributed by atoms with Gasteiger partial charge in [-0.15, -0.1) is 0 Å². The number of hydrogen-bond donors (Lipinski definition) is 1. The van der Waals surface area contributed by atoms with Crippen LogP contribution >= 0.6 is 27.5 Å². The standard InChI is InChI=1S/C11H12BrClN2O/c12-8-5-9(11(13)14-6-8)15-10(16)4-7-2-1-3-7/h5-7H,1-4H2,(H,15,16). The van der Waals surface area contributed by atoms with Crippen LogP contribution in [0.15, 0.2) is 16.7 Å². The Hall–Kier alpha value is -0.610. The van der Waals surface area contributed by atoms with E-state index in [-0.39, 0.29) is 5.91 Å². The molecule has 2 rings (SSSR count). The van der Waals surface area contributed by atoms with Crippen LogP contribution in [-0.4, -0.2) is 10.9 Å². The second-order valence-corrected chi connectivity index (χ2v) is 5.31. The molecule has 0 aromatic carbocycles. The SMILES string of the molecule is O=C(CC1CCC1)Nc1cc(Br)cnc1Cl. The molecule has 0 saturated heterocycles. The highest BCUT2D eigenvalue weighted by atomic mass is 79.9. The Morgan fingerprint density at radius 1 is 1.62 bits per heavy atom. The summed E-state index contributed by atoms with van der Waals surface area (Å²) in [6.45, 7) is 0. The number of nitrogens with one attached hydrogen (secondary N) is 1. The zero-order chi connectivity index (χ0) is 11.5. The third-order valence-electron chi connectivity index (χ3n) is 2.78. The van der Waals surface area contributed by atoms with E-state index in [0.717, 1.165) is 17.3 Å². The summed E-state index contributed by atoms with van der Waals surface area (Å²) in [6.07, 6.45) is 5.76. The number of amides is 1. The molecule has 16 heavy (non-hydrogen) atoms. The topological polar surface area (TPSA) is 42.0 Å². The second-order valence-electron chi connectivity index (χ2n) is 4.04. The molecule has 0 atom stereocenters. The lowest BCUT2D eigenvalue weighted by Gasteiger charge is -2.24. The van der Waals surface area contributed by atoms with Gasteiger partial charge in [0, 0.05) is 17.1 Å². The van der Waals surface area contributed by atoms with Gasteiger partial charge in [0.1, 0.15) is 0 Å². The average Bonchev–Trinajstić information content (AvgIpc) is 2.18. The van der Waals surface area contributed by atoms with Crippen LogP contribution in [0.4, 0.5) is 5.69 Å². The molecule has 1 aromatic heterocycles. The van der Waals surface area contributed by atoms with E-state index in [2.05, 4.69) is 26.2 Å². The summed E-state index contributed by atoms with van der Waals surface area (Å²) < 4.78 is 0.802. The van der Waals surface area contributed by atoms with Crippen molar-refractivity contribution in [1.29, 1.82) is 0 Å². The van der Waals surface area contributed by atoms with E-state index in [0.29, 0.717) is 23.2 Å². The Morgan fingerprint density at radius 2 is 2.38 bits per heavy atom. The fourth-order valence-electron chi connectivity index (χ4n) is 1.67. The lowest BCUT2D eigenvalue weighted by Crippen LogP contribution is -2.21.